The second kappa shape index (κ2) is 5.75. The molecule has 0 aromatic heterocycles. The van der Waals surface area contributed by atoms with Crippen LogP contribution < -0.4 is 11.1 Å². The van der Waals surface area contributed by atoms with Gasteiger partial charge in [-0.25, -0.2) is 8.78 Å². The monoisotopic (exact) mass is 302 g/mol. The third kappa shape index (κ3) is 3.51. The fourth-order valence-electron chi connectivity index (χ4n) is 1.10. The van der Waals surface area contributed by atoms with Gasteiger partial charge in [0, 0.05) is 17.0 Å². The lowest BCUT2D eigenvalue weighted by atomic mass is 10.2. The molecule has 1 unspecified atom stereocenters. The predicted molar refractivity (Wildman–Crippen MR) is 64.1 cm³/mol. The molecular weight excluding hydrogens is 294 g/mol. The van der Waals surface area contributed by atoms with E-state index in [0.717, 1.165) is 6.07 Å². The molecule has 0 radical (unpaired) electrons. The van der Waals surface area contributed by atoms with Crippen LogP contribution in [-0.4, -0.2) is 11.9 Å². The molecule has 0 saturated heterocycles. The number of hydrogen-bond acceptors (Lipinski definition) is 2. The molecule has 1 rings (SSSR count). The van der Waals surface area contributed by atoms with E-state index >= 15 is 0 Å². The number of halogens is 3. The molecule has 3 nitrogen and oxygen atoms in total. The van der Waals surface area contributed by atoms with Crippen molar-refractivity contribution in [3.63, 3.8) is 0 Å². The van der Waals surface area contributed by atoms with Crippen molar-refractivity contribution in [3.8, 4) is 12.3 Å². The number of nitrogens with one attached hydrogen (secondary N) is 1. The number of carbonyl (C=O) groups excluding carboxylic acids is 1. The van der Waals surface area contributed by atoms with Gasteiger partial charge in [-0.1, -0.05) is 0 Å². The zero-order valence-corrected chi connectivity index (χ0v) is 10.2. The highest BCUT2D eigenvalue weighted by Crippen LogP contribution is 2.26. The van der Waals surface area contributed by atoms with Gasteiger partial charge in [-0.3, -0.25) is 4.79 Å². The minimum atomic E-state index is -0.934. The van der Waals surface area contributed by atoms with E-state index in [9.17, 15) is 13.6 Å². The van der Waals surface area contributed by atoms with Crippen molar-refractivity contribution >= 4 is 27.5 Å². The van der Waals surface area contributed by atoms with Gasteiger partial charge < -0.3 is 11.1 Å². The first kappa shape index (κ1) is 13.6. The van der Waals surface area contributed by atoms with Crippen LogP contribution in [0.15, 0.2) is 16.6 Å². The summed E-state index contributed by atoms with van der Waals surface area (Å²) in [6, 6.07) is 0.759. The summed E-state index contributed by atoms with van der Waals surface area (Å²) in [5.41, 5.74) is 5.28. The van der Waals surface area contributed by atoms with E-state index in [1.165, 1.54) is 0 Å². The van der Waals surface area contributed by atoms with E-state index in [-0.39, 0.29) is 16.6 Å². The Hall–Kier alpha value is -1.45. The highest BCUT2D eigenvalue weighted by Gasteiger charge is 2.17. The van der Waals surface area contributed by atoms with Crippen molar-refractivity contribution in [3.05, 3.63) is 28.2 Å². The Morgan fingerprint density at radius 3 is 2.76 bits per heavy atom. The molecule has 0 fully saturated rings. The van der Waals surface area contributed by atoms with Crippen molar-refractivity contribution < 1.29 is 13.6 Å². The number of benzene rings is 1. The molecule has 6 heteroatoms. The Bertz CT molecular complexity index is 462. The van der Waals surface area contributed by atoms with Crippen LogP contribution in [0.5, 0.6) is 0 Å². The fourth-order valence-corrected chi connectivity index (χ4v) is 1.60. The Morgan fingerprint density at radius 2 is 2.24 bits per heavy atom. The zero-order chi connectivity index (χ0) is 13.0. The fraction of sp³-hybridized carbons (Fsp3) is 0.182. The highest BCUT2D eigenvalue weighted by atomic mass is 79.9. The number of terminal acetylenes is 1. The normalized spacial score (nSPS) is 11.7. The van der Waals surface area contributed by atoms with Crippen LogP contribution in [0.2, 0.25) is 0 Å². The van der Waals surface area contributed by atoms with Crippen molar-refractivity contribution in [2.24, 2.45) is 5.73 Å². The largest absolute Gasteiger partial charge is 0.321 e. The van der Waals surface area contributed by atoms with Gasteiger partial charge in [0.2, 0.25) is 5.91 Å². The van der Waals surface area contributed by atoms with Crippen molar-refractivity contribution in [1.29, 1.82) is 0 Å². The summed E-state index contributed by atoms with van der Waals surface area (Å²) < 4.78 is 26.2. The van der Waals surface area contributed by atoms with E-state index < -0.39 is 23.6 Å². The van der Waals surface area contributed by atoms with Gasteiger partial charge in [-0.2, -0.15) is 0 Å². The molecule has 1 aromatic rings. The third-order valence-electron chi connectivity index (χ3n) is 1.93. The molecule has 1 amide bonds. The number of anilines is 1. The Morgan fingerprint density at radius 1 is 1.59 bits per heavy atom. The lowest BCUT2D eigenvalue weighted by Crippen LogP contribution is -2.35. The van der Waals surface area contributed by atoms with E-state index in [2.05, 4.69) is 27.2 Å². The SMILES string of the molecule is C#CCC(N)C(=O)Nc1c(F)cc(F)cc1Br. The first-order valence-corrected chi connectivity index (χ1v) is 5.39. The van der Waals surface area contributed by atoms with Crippen molar-refractivity contribution in [2.45, 2.75) is 12.5 Å². The standard InChI is InChI=1S/C11H9BrF2N2O/c1-2-3-9(15)11(17)16-10-7(12)4-6(13)5-8(10)14/h1,4-5,9H,3,15H2,(H,16,17). The summed E-state index contributed by atoms with van der Waals surface area (Å²) in [5, 5.41) is 2.24. The van der Waals surface area contributed by atoms with Crippen LogP contribution in [0.25, 0.3) is 0 Å². The van der Waals surface area contributed by atoms with Crippen molar-refractivity contribution in [1.82, 2.24) is 0 Å². The smallest absolute Gasteiger partial charge is 0.242 e. The van der Waals surface area contributed by atoms with Crippen molar-refractivity contribution in [2.75, 3.05) is 5.32 Å². The maximum Gasteiger partial charge on any atom is 0.242 e. The predicted octanol–water partition coefficient (Wildman–Crippen LogP) is 2.02. The molecule has 0 bridgehead atoms. The molecule has 3 N–H and O–H groups in total. The quantitative estimate of drug-likeness (QED) is 0.839. The lowest BCUT2D eigenvalue weighted by Gasteiger charge is -2.11. The topological polar surface area (TPSA) is 55.1 Å². The van der Waals surface area contributed by atoms with Gasteiger partial charge in [0.05, 0.1) is 11.7 Å². The van der Waals surface area contributed by atoms with E-state index in [1.54, 1.807) is 0 Å². The first-order valence-electron chi connectivity index (χ1n) is 4.60. The van der Waals surface area contributed by atoms with E-state index in [0.29, 0.717) is 6.07 Å². The van der Waals surface area contributed by atoms with E-state index in [4.69, 9.17) is 12.2 Å². The molecule has 90 valence electrons. The van der Waals surface area contributed by atoms with Crippen LogP contribution >= 0.6 is 15.9 Å². The number of carbonyl (C=O) groups is 1. The second-order valence-electron chi connectivity index (χ2n) is 3.25. The second-order valence-corrected chi connectivity index (χ2v) is 4.10. The Labute approximate surface area is 106 Å². The number of nitrogens with two attached hydrogens (primary N) is 1. The average molecular weight is 303 g/mol. The molecule has 17 heavy (non-hydrogen) atoms. The molecule has 0 saturated carbocycles. The van der Waals surface area contributed by atoms with Crippen LogP contribution in [0.3, 0.4) is 0 Å². The molecule has 0 aliphatic heterocycles. The maximum atomic E-state index is 13.4. The van der Waals surface area contributed by atoms with Gasteiger partial charge in [0.15, 0.2) is 5.82 Å². The lowest BCUT2D eigenvalue weighted by molar-refractivity contribution is -0.117. The minimum Gasteiger partial charge on any atom is -0.321 e. The Balaban J connectivity index is 2.90. The van der Waals surface area contributed by atoms with Gasteiger partial charge >= 0.3 is 0 Å². The molecule has 0 aliphatic rings. The summed E-state index contributed by atoms with van der Waals surface area (Å²) in [6.07, 6.45) is 5.03. The molecule has 1 atom stereocenters. The minimum absolute atomic E-state index is 0.0340. The number of rotatable bonds is 3. The summed E-state index contributed by atoms with van der Waals surface area (Å²) >= 11 is 2.94. The first-order chi connectivity index (χ1) is 7.95. The molecule has 0 aliphatic carbocycles. The summed E-state index contributed by atoms with van der Waals surface area (Å²) in [7, 11) is 0. The summed E-state index contributed by atoms with van der Waals surface area (Å²) in [5.74, 6) is -0.0496. The highest BCUT2D eigenvalue weighted by molar-refractivity contribution is 9.10. The molecule has 0 spiro atoms. The van der Waals surface area contributed by atoms with Crippen LogP contribution in [0.4, 0.5) is 14.5 Å². The molecule has 0 heterocycles. The molecular formula is C11H9BrF2N2O. The Kier molecular flexibility index (Phi) is 4.61. The van der Waals surface area contributed by atoms with Gasteiger partial charge in [0.25, 0.3) is 0 Å². The third-order valence-corrected chi connectivity index (χ3v) is 2.56. The number of hydrogen-bond donors (Lipinski definition) is 2. The van der Waals surface area contributed by atoms with Gasteiger partial charge in [-0.05, 0) is 22.0 Å². The van der Waals surface area contributed by atoms with Crippen LogP contribution in [0, 0.1) is 24.0 Å². The van der Waals surface area contributed by atoms with Gasteiger partial charge in [-0.15, -0.1) is 12.3 Å². The maximum absolute atomic E-state index is 13.4. The van der Waals surface area contributed by atoms with E-state index in [1.807, 2.05) is 0 Å². The average Bonchev–Trinajstić information content (AvgIpc) is 2.23. The van der Waals surface area contributed by atoms with Crippen LogP contribution in [0.1, 0.15) is 6.42 Å². The van der Waals surface area contributed by atoms with Crippen LogP contribution in [-0.2, 0) is 4.79 Å². The number of amides is 1. The zero-order valence-electron chi connectivity index (χ0n) is 8.64. The summed E-state index contributed by atoms with van der Waals surface area (Å²) in [4.78, 5) is 11.5. The molecule has 1 aromatic carbocycles. The van der Waals surface area contributed by atoms with Gasteiger partial charge in [0.1, 0.15) is 5.82 Å². The summed E-state index contributed by atoms with van der Waals surface area (Å²) in [6.45, 7) is 0.